The molecule has 9 heteroatoms. The lowest BCUT2D eigenvalue weighted by molar-refractivity contribution is -0.130. The molecule has 26 heavy (non-hydrogen) atoms. The Hall–Kier alpha value is -0.670. The molecule has 0 aromatic rings. The number of carbonyl (C=O) groups is 1. The Kier molecular flexibility index (Phi) is 7.50. The molecule has 0 aromatic carbocycles. The van der Waals surface area contributed by atoms with E-state index >= 15 is 0 Å². The average Bonchev–Trinajstić information content (AvgIpc) is 2.89. The maximum atomic E-state index is 12.7. The van der Waals surface area contributed by atoms with Crippen LogP contribution >= 0.6 is 0 Å². The van der Waals surface area contributed by atoms with Crippen LogP contribution in [0.3, 0.4) is 0 Å². The van der Waals surface area contributed by atoms with Gasteiger partial charge in [-0.25, -0.2) is 21.6 Å². The summed E-state index contributed by atoms with van der Waals surface area (Å²) in [6.07, 6.45) is 5.56. The highest BCUT2D eigenvalue weighted by Gasteiger charge is 2.36. The van der Waals surface area contributed by atoms with Crippen LogP contribution in [0.25, 0.3) is 0 Å². The number of hydrogen-bond acceptors (Lipinski definition) is 5. The Morgan fingerprint density at radius 2 is 1.81 bits per heavy atom. The van der Waals surface area contributed by atoms with Gasteiger partial charge in [-0.2, -0.15) is 0 Å². The molecule has 1 heterocycles. The zero-order valence-electron chi connectivity index (χ0n) is 15.8. The van der Waals surface area contributed by atoms with Crippen LogP contribution in [0, 0.1) is 5.92 Å². The number of rotatable bonds is 8. The number of unbranched alkanes of at least 4 members (excludes halogenated alkanes) is 1. The van der Waals surface area contributed by atoms with Gasteiger partial charge in [0.2, 0.25) is 15.9 Å². The third-order valence-corrected chi connectivity index (χ3v) is 8.47. The van der Waals surface area contributed by atoms with E-state index in [0.717, 1.165) is 38.5 Å². The maximum absolute atomic E-state index is 12.7. The molecule has 1 aliphatic heterocycles. The molecule has 2 fully saturated rings. The molecule has 1 atom stereocenters. The molecule has 1 saturated heterocycles. The Morgan fingerprint density at radius 3 is 2.35 bits per heavy atom. The second-order valence-electron chi connectivity index (χ2n) is 7.83. The molecule has 0 bridgehead atoms. The molecule has 2 aliphatic rings. The number of hydrogen-bond donors (Lipinski definition) is 1. The van der Waals surface area contributed by atoms with Crippen molar-refractivity contribution in [1.82, 2.24) is 9.62 Å². The molecule has 2 rings (SSSR count). The van der Waals surface area contributed by atoms with Gasteiger partial charge in [0.25, 0.3) is 0 Å². The Balaban J connectivity index is 1.98. The van der Waals surface area contributed by atoms with Crippen LogP contribution in [0.1, 0.15) is 58.8 Å². The van der Waals surface area contributed by atoms with Crippen molar-refractivity contribution in [1.29, 1.82) is 0 Å². The number of nitrogens with zero attached hydrogens (tertiary/aromatic N) is 1. The highest BCUT2D eigenvalue weighted by atomic mass is 32.2. The predicted molar refractivity (Wildman–Crippen MR) is 102 cm³/mol. The summed E-state index contributed by atoms with van der Waals surface area (Å²) in [5, 5.41) is 0. The summed E-state index contributed by atoms with van der Waals surface area (Å²) in [7, 11) is -6.85. The van der Waals surface area contributed by atoms with E-state index in [2.05, 4.69) is 11.6 Å². The van der Waals surface area contributed by atoms with E-state index in [1.807, 2.05) is 6.92 Å². The summed E-state index contributed by atoms with van der Waals surface area (Å²) >= 11 is 0. The summed E-state index contributed by atoms with van der Waals surface area (Å²) in [5.74, 6) is -0.460. The second-order valence-corrected chi connectivity index (χ2v) is 11.8. The molecule has 0 spiro atoms. The number of sulfonamides is 1. The molecule has 7 nitrogen and oxygen atoms in total. The van der Waals surface area contributed by atoms with Gasteiger partial charge in [-0.3, -0.25) is 4.79 Å². The van der Waals surface area contributed by atoms with Crippen LogP contribution in [-0.4, -0.2) is 63.5 Å². The number of carbonyl (C=O) groups excluding carboxylic acids is 1. The van der Waals surface area contributed by atoms with Crippen LogP contribution in [0.5, 0.6) is 0 Å². The zero-order chi connectivity index (χ0) is 19.4. The first-order chi connectivity index (χ1) is 12.1. The summed E-state index contributed by atoms with van der Waals surface area (Å²) in [5.41, 5.74) is 0. The summed E-state index contributed by atoms with van der Waals surface area (Å²) in [6, 6.07) is -0.496. The Morgan fingerprint density at radius 1 is 1.15 bits per heavy atom. The highest BCUT2D eigenvalue weighted by Crippen LogP contribution is 2.24. The van der Waals surface area contributed by atoms with Crippen molar-refractivity contribution in [2.24, 2.45) is 5.92 Å². The molecule has 1 amide bonds. The fourth-order valence-corrected chi connectivity index (χ4v) is 6.83. The minimum absolute atomic E-state index is 0.0591. The smallest absolute Gasteiger partial charge is 0.239 e. The van der Waals surface area contributed by atoms with E-state index in [9.17, 15) is 21.6 Å². The average molecular weight is 409 g/mol. The van der Waals surface area contributed by atoms with Crippen molar-refractivity contribution in [3.8, 4) is 0 Å². The molecule has 152 valence electrons. The van der Waals surface area contributed by atoms with E-state index < -0.39 is 37.6 Å². The lowest BCUT2D eigenvalue weighted by atomic mass is 9.88. The Bertz CT molecular complexity index is 682. The summed E-state index contributed by atoms with van der Waals surface area (Å²) in [4.78, 5) is 14.2. The number of amides is 1. The zero-order valence-corrected chi connectivity index (χ0v) is 17.4. The van der Waals surface area contributed by atoms with Gasteiger partial charge < -0.3 is 4.90 Å². The van der Waals surface area contributed by atoms with Crippen molar-refractivity contribution in [3.63, 3.8) is 0 Å². The SMILES string of the molecule is CCCCN(C(=O)CS(=O)(=O)NC1CCC(C)CC1)C1CCS(=O)(=O)C1. The lowest BCUT2D eigenvalue weighted by Crippen LogP contribution is -2.47. The van der Waals surface area contributed by atoms with Gasteiger partial charge in [-0.05, 0) is 44.4 Å². The summed E-state index contributed by atoms with van der Waals surface area (Å²) < 4.78 is 51.0. The predicted octanol–water partition coefficient (Wildman–Crippen LogP) is 1.30. The first kappa shape index (κ1) is 21.6. The third-order valence-electron chi connectivity index (χ3n) is 5.40. The van der Waals surface area contributed by atoms with Crippen molar-refractivity contribution in [3.05, 3.63) is 0 Å². The van der Waals surface area contributed by atoms with Crippen molar-refractivity contribution in [2.45, 2.75) is 70.9 Å². The van der Waals surface area contributed by atoms with Gasteiger partial charge in [0.05, 0.1) is 11.5 Å². The molecular weight excluding hydrogens is 376 g/mol. The van der Waals surface area contributed by atoms with Gasteiger partial charge in [0, 0.05) is 18.6 Å². The van der Waals surface area contributed by atoms with Crippen molar-refractivity contribution >= 4 is 25.8 Å². The van der Waals surface area contributed by atoms with Crippen molar-refractivity contribution in [2.75, 3.05) is 23.8 Å². The number of sulfone groups is 1. The molecule has 1 unspecified atom stereocenters. The van der Waals surface area contributed by atoms with E-state index in [-0.39, 0.29) is 17.5 Å². The minimum Gasteiger partial charge on any atom is -0.338 e. The van der Waals surface area contributed by atoms with E-state index in [1.165, 1.54) is 4.90 Å². The van der Waals surface area contributed by atoms with Crippen LogP contribution in [-0.2, 0) is 24.7 Å². The largest absolute Gasteiger partial charge is 0.338 e. The standard InChI is InChI=1S/C17H32N2O5S2/c1-3-4-10-19(16-9-11-25(21,22)12-16)17(20)13-26(23,24)18-15-7-5-14(2)6-8-15/h14-16,18H,3-13H2,1-2H3. The monoisotopic (exact) mass is 408 g/mol. The normalized spacial score (nSPS) is 28.8. The first-order valence-corrected chi connectivity index (χ1v) is 13.1. The van der Waals surface area contributed by atoms with Gasteiger partial charge in [0.1, 0.15) is 5.75 Å². The molecule has 1 N–H and O–H groups in total. The molecule has 0 radical (unpaired) electrons. The second kappa shape index (κ2) is 9.01. The molecular formula is C17H32N2O5S2. The molecule has 0 aromatic heterocycles. The quantitative estimate of drug-likeness (QED) is 0.652. The van der Waals surface area contributed by atoms with E-state index in [0.29, 0.717) is 18.9 Å². The van der Waals surface area contributed by atoms with Crippen LogP contribution < -0.4 is 4.72 Å². The van der Waals surface area contributed by atoms with Gasteiger partial charge >= 0.3 is 0 Å². The van der Waals surface area contributed by atoms with Crippen LogP contribution in [0.15, 0.2) is 0 Å². The maximum Gasteiger partial charge on any atom is 0.239 e. The highest BCUT2D eigenvalue weighted by molar-refractivity contribution is 7.91. The first-order valence-electron chi connectivity index (χ1n) is 9.62. The summed E-state index contributed by atoms with van der Waals surface area (Å²) in [6.45, 7) is 4.55. The van der Waals surface area contributed by atoms with Gasteiger partial charge in [0.15, 0.2) is 9.84 Å². The van der Waals surface area contributed by atoms with E-state index in [4.69, 9.17) is 0 Å². The topological polar surface area (TPSA) is 101 Å². The van der Waals surface area contributed by atoms with Crippen LogP contribution in [0.2, 0.25) is 0 Å². The fraction of sp³-hybridized carbons (Fsp3) is 0.941. The van der Waals surface area contributed by atoms with E-state index in [1.54, 1.807) is 0 Å². The number of nitrogens with one attached hydrogen (secondary N) is 1. The fourth-order valence-electron chi connectivity index (χ4n) is 3.78. The van der Waals surface area contributed by atoms with Crippen molar-refractivity contribution < 1.29 is 21.6 Å². The molecule has 1 aliphatic carbocycles. The van der Waals surface area contributed by atoms with Crippen LogP contribution in [0.4, 0.5) is 0 Å². The van der Waals surface area contributed by atoms with Gasteiger partial charge in [-0.1, -0.05) is 20.3 Å². The van der Waals surface area contributed by atoms with Gasteiger partial charge in [-0.15, -0.1) is 0 Å². The lowest BCUT2D eigenvalue weighted by Gasteiger charge is -2.29. The third kappa shape index (κ3) is 6.49. The molecule has 1 saturated carbocycles. The minimum atomic E-state index is -3.72. The Labute approximate surface area is 157 Å².